The summed E-state index contributed by atoms with van der Waals surface area (Å²) in [6.45, 7) is 1.95. The van der Waals surface area contributed by atoms with Gasteiger partial charge in [0, 0.05) is 0 Å². The molecule has 0 bridgehead atoms. The molecule has 0 radical (unpaired) electrons. The molecule has 0 saturated carbocycles. The van der Waals surface area contributed by atoms with Crippen LogP contribution in [0.25, 0.3) is 5.57 Å². The van der Waals surface area contributed by atoms with Crippen LogP contribution in [0.3, 0.4) is 0 Å². The summed E-state index contributed by atoms with van der Waals surface area (Å²) >= 11 is 0. The molecule has 0 atom stereocenters. The molecule has 23 heavy (non-hydrogen) atoms. The number of carbonyl (C=O) groups excluding carboxylic acids is 1. The van der Waals surface area contributed by atoms with Crippen molar-refractivity contribution in [2.75, 3.05) is 6.61 Å². The first-order valence-corrected chi connectivity index (χ1v) is 7.36. The standard InChI is InChI=1S/C20H17NO2/c1-2-23-20(22)18(15-21)13-14-19(16-9-5-3-6-10-16)17-11-7-4-8-12-17/h3-14H,2H2,1H3/b18-13+. The first-order valence-electron chi connectivity index (χ1n) is 7.36. The molecule has 0 aromatic heterocycles. The third kappa shape index (κ3) is 4.42. The molecular weight excluding hydrogens is 286 g/mol. The van der Waals surface area contributed by atoms with Gasteiger partial charge < -0.3 is 4.74 Å². The van der Waals surface area contributed by atoms with Gasteiger partial charge in [-0.25, -0.2) is 4.79 Å². The average Bonchev–Trinajstić information content (AvgIpc) is 2.60. The van der Waals surface area contributed by atoms with Crippen molar-refractivity contribution in [3.05, 3.63) is 89.5 Å². The van der Waals surface area contributed by atoms with Gasteiger partial charge in [0.15, 0.2) is 0 Å². The monoisotopic (exact) mass is 303 g/mol. The summed E-state index contributed by atoms with van der Waals surface area (Å²) in [7, 11) is 0. The Morgan fingerprint density at radius 1 is 1.00 bits per heavy atom. The number of nitrogens with zero attached hydrogens (tertiary/aromatic N) is 1. The molecule has 2 rings (SSSR count). The minimum Gasteiger partial charge on any atom is -0.462 e. The lowest BCUT2D eigenvalue weighted by Crippen LogP contribution is -2.05. The van der Waals surface area contributed by atoms with E-state index in [1.54, 1.807) is 13.0 Å². The molecule has 0 saturated heterocycles. The van der Waals surface area contributed by atoms with Crippen molar-refractivity contribution in [1.29, 1.82) is 5.26 Å². The fraction of sp³-hybridized carbons (Fsp3) is 0.100. The number of allylic oxidation sites excluding steroid dienone is 2. The van der Waals surface area contributed by atoms with E-state index in [0.717, 1.165) is 16.7 Å². The summed E-state index contributed by atoms with van der Waals surface area (Å²) in [5.41, 5.74) is 2.94. The molecule has 3 nitrogen and oxygen atoms in total. The number of benzene rings is 2. The van der Waals surface area contributed by atoms with Gasteiger partial charge in [-0.2, -0.15) is 5.26 Å². The van der Waals surface area contributed by atoms with Crippen molar-refractivity contribution >= 4 is 11.5 Å². The Bertz CT molecular complexity index is 712. The molecule has 0 unspecified atom stereocenters. The van der Waals surface area contributed by atoms with Gasteiger partial charge in [-0.15, -0.1) is 0 Å². The van der Waals surface area contributed by atoms with E-state index < -0.39 is 5.97 Å². The van der Waals surface area contributed by atoms with Gasteiger partial charge in [0.05, 0.1) is 6.61 Å². The fourth-order valence-electron chi connectivity index (χ4n) is 2.12. The zero-order valence-electron chi connectivity index (χ0n) is 12.9. The second-order valence-corrected chi connectivity index (χ2v) is 4.73. The van der Waals surface area contributed by atoms with Crippen molar-refractivity contribution in [2.45, 2.75) is 6.92 Å². The minimum atomic E-state index is -0.605. The van der Waals surface area contributed by atoms with E-state index in [1.807, 2.05) is 66.7 Å². The number of esters is 1. The van der Waals surface area contributed by atoms with Crippen LogP contribution in [0.2, 0.25) is 0 Å². The van der Waals surface area contributed by atoms with E-state index in [9.17, 15) is 4.79 Å². The van der Waals surface area contributed by atoms with Crippen molar-refractivity contribution in [2.24, 2.45) is 0 Å². The molecule has 0 amide bonds. The summed E-state index contributed by atoms with van der Waals surface area (Å²) in [5.74, 6) is -0.605. The first kappa shape index (κ1) is 16.3. The van der Waals surface area contributed by atoms with Crippen LogP contribution in [-0.2, 0) is 9.53 Å². The molecule has 0 fully saturated rings. The Morgan fingerprint density at radius 3 is 1.96 bits per heavy atom. The van der Waals surface area contributed by atoms with Crippen LogP contribution in [0.1, 0.15) is 18.1 Å². The van der Waals surface area contributed by atoms with Crippen LogP contribution in [0.4, 0.5) is 0 Å². The zero-order valence-corrected chi connectivity index (χ0v) is 12.9. The quantitative estimate of drug-likeness (QED) is 0.361. The van der Waals surface area contributed by atoms with Crippen LogP contribution in [0.5, 0.6) is 0 Å². The Labute approximate surface area is 136 Å². The maximum atomic E-state index is 11.7. The molecule has 114 valence electrons. The highest BCUT2D eigenvalue weighted by Gasteiger charge is 2.09. The fourth-order valence-corrected chi connectivity index (χ4v) is 2.12. The highest BCUT2D eigenvalue weighted by Crippen LogP contribution is 2.23. The Hall–Kier alpha value is -3.12. The van der Waals surface area contributed by atoms with Crippen LogP contribution in [0, 0.1) is 11.3 Å². The van der Waals surface area contributed by atoms with E-state index in [-0.39, 0.29) is 12.2 Å². The number of hydrogen-bond donors (Lipinski definition) is 0. The van der Waals surface area contributed by atoms with Crippen molar-refractivity contribution in [1.82, 2.24) is 0 Å². The van der Waals surface area contributed by atoms with E-state index in [1.165, 1.54) is 6.08 Å². The SMILES string of the molecule is CCOC(=O)/C(C#N)=C/C=C(c1ccccc1)c1ccccc1. The molecule has 0 spiro atoms. The Kier molecular flexibility index (Phi) is 5.90. The largest absolute Gasteiger partial charge is 0.462 e. The molecule has 3 heteroatoms. The highest BCUT2D eigenvalue weighted by molar-refractivity contribution is 5.94. The van der Waals surface area contributed by atoms with Crippen molar-refractivity contribution < 1.29 is 9.53 Å². The van der Waals surface area contributed by atoms with Gasteiger partial charge in [0.25, 0.3) is 0 Å². The lowest BCUT2D eigenvalue weighted by Gasteiger charge is -2.07. The van der Waals surface area contributed by atoms with E-state index in [2.05, 4.69) is 0 Å². The molecule has 2 aromatic rings. The topological polar surface area (TPSA) is 50.1 Å². The number of hydrogen-bond acceptors (Lipinski definition) is 3. The van der Waals surface area contributed by atoms with Crippen LogP contribution < -0.4 is 0 Å². The first-order chi connectivity index (χ1) is 11.3. The third-order valence-electron chi connectivity index (χ3n) is 3.20. The van der Waals surface area contributed by atoms with E-state index in [4.69, 9.17) is 10.00 Å². The van der Waals surface area contributed by atoms with Gasteiger partial charge in [-0.1, -0.05) is 66.7 Å². The number of rotatable bonds is 5. The van der Waals surface area contributed by atoms with Crippen LogP contribution in [0.15, 0.2) is 78.4 Å². The van der Waals surface area contributed by atoms with Gasteiger partial charge in [0.2, 0.25) is 0 Å². The smallest absolute Gasteiger partial charge is 0.348 e. The van der Waals surface area contributed by atoms with Crippen molar-refractivity contribution in [3.63, 3.8) is 0 Å². The molecule has 0 N–H and O–H groups in total. The molecule has 0 aliphatic carbocycles. The van der Waals surface area contributed by atoms with E-state index in [0.29, 0.717) is 0 Å². The predicted molar refractivity (Wildman–Crippen MR) is 90.3 cm³/mol. The molecule has 0 heterocycles. The summed E-state index contributed by atoms with van der Waals surface area (Å²) in [6, 6.07) is 21.5. The lowest BCUT2D eigenvalue weighted by molar-refractivity contribution is -0.138. The maximum absolute atomic E-state index is 11.7. The number of carbonyl (C=O) groups is 1. The Morgan fingerprint density at radius 2 is 1.52 bits per heavy atom. The third-order valence-corrected chi connectivity index (χ3v) is 3.20. The second kappa shape index (κ2) is 8.35. The van der Waals surface area contributed by atoms with E-state index >= 15 is 0 Å². The highest BCUT2D eigenvalue weighted by atomic mass is 16.5. The molecule has 2 aromatic carbocycles. The predicted octanol–water partition coefficient (Wildman–Crippen LogP) is 4.13. The summed E-state index contributed by atoms with van der Waals surface area (Å²) in [6.07, 6.45) is 3.29. The summed E-state index contributed by atoms with van der Waals surface area (Å²) in [5, 5.41) is 9.13. The van der Waals surface area contributed by atoms with Gasteiger partial charge >= 0.3 is 5.97 Å². The van der Waals surface area contributed by atoms with Crippen LogP contribution in [-0.4, -0.2) is 12.6 Å². The summed E-state index contributed by atoms with van der Waals surface area (Å²) in [4.78, 5) is 11.7. The summed E-state index contributed by atoms with van der Waals surface area (Å²) < 4.78 is 4.88. The van der Waals surface area contributed by atoms with Gasteiger partial charge in [0.1, 0.15) is 11.6 Å². The molecule has 0 aliphatic rings. The number of nitriles is 1. The number of ether oxygens (including phenoxy) is 1. The second-order valence-electron chi connectivity index (χ2n) is 4.73. The lowest BCUT2D eigenvalue weighted by atomic mass is 9.97. The average molecular weight is 303 g/mol. The van der Waals surface area contributed by atoms with Gasteiger partial charge in [-0.3, -0.25) is 0 Å². The zero-order chi connectivity index (χ0) is 16.5. The van der Waals surface area contributed by atoms with Crippen molar-refractivity contribution in [3.8, 4) is 6.07 Å². The van der Waals surface area contributed by atoms with Gasteiger partial charge in [-0.05, 0) is 29.7 Å². The normalized spacial score (nSPS) is 10.5. The molecular formula is C20H17NO2. The van der Waals surface area contributed by atoms with Crippen LogP contribution >= 0.6 is 0 Å². The Balaban J connectivity index is 2.46. The molecule has 0 aliphatic heterocycles. The maximum Gasteiger partial charge on any atom is 0.348 e. The minimum absolute atomic E-state index is 0.0174.